The smallest absolute Gasteiger partial charge is 0.417 e. The van der Waals surface area contributed by atoms with E-state index in [9.17, 15) is 9.59 Å². The topological polar surface area (TPSA) is 86.5 Å². The molecule has 0 saturated heterocycles. The minimum absolute atomic E-state index is 0.0472. The molecular formula is C12H14N2O4. The average molecular weight is 250 g/mol. The van der Waals surface area contributed by atoms with Crippen LogP contribution in [-0.4, -0.2) is 29.1 Å². The van der Waals surface area contributed by atoms with Gasteiger partial charge in [-0.05, 0) is 19.1 Å². The molecule has 0 aliphatic rings. The van der Waals surface area contributed by atoms with Gasteiger partial charge in [0, 0.05) is 24.8 Å². The Balaban J connectivity index is 2.29. The van der Waals surface area contributed by atoms with E-state index < -0.39 is 11.7 Å². The van der Waals surface area contributed by atoms with Gasteiger partial charge in [0.25, 0.3) is 0 Å². The largest absolute Gasteiger partial charge is 0.481 e. The molecule has 6 heteroatoms. The fraction of sp³-hybridized carbons (Fsp3) is 0.333. The highest BCUT2D eigenvalue weighted by atomic mass is 16.4. The minimum Gasteiger partial charge on any atom is -0.481 e. The van der Waals surface area contributed by atoms with Crippen molar-refractivity contribution < 1.29 is 14.3 Å². The maximum Gasteiger partial charge on any atom is 0.417 e. The summed E-state index contributed by atoms with van der Waals surface area (Å²) in [5.74, 6) is -1.34. The van der Waals surface area contributed by atoms with Crippen molar-refractivity contribution in [2.24, 2.45) is 0 Å². The van der Waals surface area contributed by atoms with Gasteiger partial charge >= 0.3 is 11.7 Å². The first-order valence-electron chi connectivity index (χ1n) is 5.55. The first-order valence-corrected chi connectivity index (χ1v) is 5.55. The summed E-state index contributed by atoms with van der Waals surface area (Å²) in [6.45, 7) is 1.83. The fourth-order valence-corrected chi connectivity index (χ4v) is 1.80. The Morgan fingerprint density at radius 1 is 1.56 bits per heavy atom. The van der Waals surface area contributed by atoms with E-state index in [1.807, 2.05) is 17.9 Å². The number of H-pyrrole nitrogens is 1. The van der Waals surface area contributed by atoms with Crippen molar-refractivity contribution in [1.29, 1.82) is 0 Å². The monoisotopic (exact) mass is 250 g/mol. The molecule has 2 N–H and O–H groups in total. The van der Waals surface area contributed by atoms with Crippen molar-refractivity contribution in [3.63, 3.8) is 0 Å². The molecule has 0 amide bonds. The van der Waals surface area contributed by atoms with Crippen molar-refractivity contribution in [3.8, 4) is 0 Å². The maximum absolute atomic E-state index is 11.0. The molecule has 2 aromatic rings. The Kier molecular flexibility index (Phi) is 3.10. The van der Waals surface area contributed by atoms with Crippen molar-refractivity contribution in [3.05, 3.63) is 28.7 Å². The Morgan fingerprint density at radius 2 is 2.28 bits per heavy atom. The van der Waals surface area contributed by atoms with Crippen molar-refractivity contribution >= 4 is 22.8 Å². The number of aromatic nitrogens is 1. The molecule has 1 aromatic carbocycles. The van der Waals surface area contributed by atoms with E-state index in [-0.39, 0.29) is 12.5 Å². The zero-order valence-electron chi connectivity index (χ0n) is 10.1. The maximum atomic E-state index is 11.0. The number of nitrogens with zero attached hydrogens (tertiary/aromatic N) is 1. The van der Waals surface area contributed by atoms with Crippen molar-refractivity contribution in [1.82, 2.24) is 4.98 Å². The van der Waals surface area contributed by atoms with Gasteiger partial charge in [0.15, 0.2) is 5.58 Å². The summed E-state index contributed by atoms with van der Waals surface area (Å²) < 4.78 is 4.97. The lowest BCUT2D eigenvalue weighted by molar-refractivity contribution is -0.137. The van der Waals surface area contributed by atoms with Gasteiger partial charge in [-0.15, -0.1) is 0 Å². The molecular weight excluding hydrogens is 236 g/mol. The Bertz CT molecular complexity index is 628. The molecule has 1 unspecified atom stereocenters. The predicted octanol–water partition coefficient (Wildman–Crippen LogP) is 1.42. The van der Waals surface area contributed by atoms with E-state index in [0.29, 0.717) is 11.1 Å². The second-order valence-electron chi connectivity index (χ2n) is 4.25. The van der Waals surface area contributed by atoms with Crippen LogP contribution in [0.2, 0.25) is 0 Å². The average Bonchev–Trinajstić information content (AvgIpc) is 2.65. The number of oxazole rings is 1. The second-order valence-corrected chi connectivity index (χ2v) is 4.25. The van der Waals surface area contributed by atoms with Crippen molar-refractivity contribution in [2.45, 2.75) is 19.4 Å². The summed E-state index contributed by atoms with van der Waals surface area (Å²) in [6, 6.07) is 5.11. The number of aliphatic carboxylic acids is 1. The number of fused-ring (bicyclic) bond motifs is 1. The lowest BCUT2D eigenvalue weighted by Crippen LogP contribution is -2.30. The predicted molar refractivity (Wildman–Crippen MR) is 67.0 cm³/mol. The fourth-order valence-electron chi connectivity index (χ4n) is 1.80. The number of hydrogen-bond donors (Lipinski definition) is 2. The van der Waals surface area contributed by atoms with E-state index in [2.05, 4.69) is 4.98 Å². The highest BCUT2D eigenvalue weighted by molar-refractivity contribution is 5.77. The number of carboxylic acid groups (broad SMARTS) is 1. The van der Waals surface area contributed by atoms with Crippen LogP contribution in [0.5, 0.6) is 0 Å². The van der Waals surface area contributed by atoms with Crippen LogP contribution in [-0.2, 0) is 4.79 Å². The molecule has 96 valence electrons. The number of carbonyl (C=O) groups is 1. The molecule has 0 aliphatic heterocycles. The van der Waals surface area contributed by atoms with Gasteiger partial charge in [0.05, 0.1) is 11.9 Å². The quantitative estimate of drug-likeness (QED) is 0.857. The van der Waals surface area contributed by atoms with Gasteiger partial charge in [-0.2, -0.15) is 0 Å². The van der Waals surface area contributed by atoms with E-state index >= 15 is 0 Å². The Hall–Kier alpha value is -2.24. The van der Waals surface area contributed by atoms with E-state index in [1.165, 1.54) is 0 Å². The third kappa shape index (κ3) is 2.37. The van der Waals surface area contributed by atoms with E-state index in [0.717, 1.165) is 5.69 Å². The number of nitrogens with one attached hydrogen (secondary N) is 1. The van der Waals surface area contributed by atoms with Crippen LogP contribution >= 0.6 is 0 Å². The summed E-state index contributed by atoms with van der Waals surface area (Å²) in [6.07, 6.45) is 0.0472. The number of benzene rings is 1. The highest BCUT2D eigenvalue weighted by Crippen LogP contribution is 2.21. The highest BCUT2D eigenvalue weighted by Gasteiger charge is 2.14. The van der Waals surface area contributed by atoms with Gasteiger partial charge in [-0.1, -0.05) is 0 Å². The molecule has 0 saturated carbocycles. The summed E-state index contributed by atoms with van der Waals surface area (Å²) in [5.41, 5.74) is 1.90. The van der Waals surface area contributed by atoms with Crippen LogP contribution in [0.3, 0.4) is 0 Å². The zero-order chi connectivity index (χ0) is 13.3. The van der Waals surface area contributed by atoms with Crippen LogP contribution < -0.4 is 10.7 Å². The van der Waals surface area contributed by atoms with E-state index in [4.69, 9.17) is 9.52 Å². The molecule has 0 fully saturated rings. The molecule has 0 spiro atoms. The summed E-state index contributed by atoms with van der Waals surface area (Å²) >= 11 is 0. The van der Waals surface area contributed by atoms with Gasteiger partial charge < -0.3 is 14.4 Å². The molecule has 2 rings (SSSR count). The number of rotatable bonds is 4. The minimum atomic E-state index is -0.844. The lowest BCUT2D eigenvalue weighted by Gasteiger charge is -2.25. The molecule has 0 bridgehead atoms. The molecule has 1 aromatic heterocycles. The van der Waals surface area contributed by atoms with Gasteiger partial charge in [0.2, 0.25) is 0 Å². The molecule has 1 atom stereocenters. The first-order chi connectivity index (χ1) is 8.47. The van der Waals surface area contributed by atoms with Crippen LogP contribution in [0.1, 0.15) is 13.3 Å². The van der Waals surface area contributed by atoms with Crippen LogP contribution in [0.25, 0.3) is 11.1 Å². The second kappa shape index (κ2) is 4.56. The third-order valence-electron chi connectivity index (χ3n) is 2.94. The molecule has 0 radical (unpaired) electrons. The molecule has 18 heavy (non-hydrogen) atoms. The summed E-state index contributed by atoms with van der Waals surface area (Å²) in [7, 11) is 1.81. The summed E-state index contributed by atoms with van der Waals surface area (Å²) in [5, 5.41) is 8.76. The van der Waals surface area contributed by atoms with Crippen LogP contribution in [0.4, 0.5) is 5.69 Å². The SMILES string of the molecule is CC(CC(=O)O)N(C)c1ccc2[nH]c(=O)oc2c1. The van der Waals surface area contributed by atoms with Gasteiger partial charge in [-0.3, -0.25) is 9.78 Å². The zero-order valence-corrected chi connectivity index (χ0v) is 10.1. The lowest BCUT2D eigenvalue weighted by atomic mass is 10.2. The Labute approximate surface area is 103 Å². The molecule has 0 aliphatic carbocycles. The standard InChI is InChI=1S/C12H14N2O4/c1-7(5-11(15)16)14(2)8-3-4-9-10(6-8)18-12(17)13-9/h3-4,6-7H,5H2,1-2H3,(H,13,17)(H,15,16). The molecule has 1 heterocycles. The normalized spacial score (nSPS) is 12.6. The number of aromatic amines is 1. The third-order valence-corrected chi connectivity index (χ3v) is 2.94. The van der Waals surface area contributed by atoms with Gasteiger partial charge in [0.1, 0.15) is 0 Å². The van der Waals surface area contributed by atoms with E-state index in [1.54, 1.807) is 19.2 Å². The summed E-state index contributed by atoms with van der Waals surface area (Å²) in [4.78, 5) is 26.1. The van der Waals surface area contributed by atoms with Crippen LogP contribution in [0, 0.1) is 0 Å². The molecule has 6 nitrogen and oxygen atoms in total. The van der Waals surface area contributed by atoms with Gasteiger partial charge in [-0.25, -0.2) is 4.79 Å². The number of hydrogen-bond acceptors (Lipinski definition) is 4. The van der Waals surface area contributed by atoms with Crippen molar-refractivity contribution in [2.75, 3.05) is 11.9 Å². The van der Waals surface area contributed by atoms with Crippen LogP contribution in [0.15, 0.2) is 27.4 Å². The Morgan fingerprint density at radius 3 is 2.94 bits per heavy atom. The first kappa shape index (κ1) is 12.2. The number of anilines is 1. The number of carboxylic acids is 1.